The molecule has 2 aromatic carbocycles. The first-order valence-corrected chi connectivity index (χ1v) is 8.40. The highest BCUT2D eigenvalue weighted by Gasteiger charge is 2.19. The van der Waals surface area contributed by atoms with Crippen molar-refractivity contribution in [3.05, 3.63) is 65.7 Å². The third kappa shape index (κ3) is 4.33. The Morgan fingerprint density at radius 1 is 0.920 bits per heavy atom. The summed E-state index contributed by atoms with van der Waals surface area (Å²) in [6, 6.07) is 12.7. The Morgan fingerprint density at radius 2 is 1.56 bits per heavy atom. The molecule has 1 saturated heterocycles. The monoisotopic (exact) mass is 345 g/mol. The fourth-order valence-electron chi connectivity index (χ4n) is 2.99. The molecule has 0 aromatic heterocycles. The van der Waals surface area contributed by atoms with Gasteiger partial charge in [0.25, 0.3) is 5.91 Å². The van der Waals surface area contributed by atoms with Gasteiger partial charge in [-0.15, -0.1) is 0 Å². The lowest BCUT2D eigenvalue weighted by Gasteiger charge is -2.36. The molecule has 0 bridgehead atoms. The third-order valence-electron chi connectivity index (χ3n) is 4.40. The van der Waals surface area contributed by atoms with Gasteiger partial charge in [0.2, 0.25) is 0 Å². The number of para-hydroxylation sites is 1. The Kier molecular flexibility index (Phi) is 5.60. The Hall–Kier alpha value is -2.47. The van der Waals surface area contributed by atoms with Crippen molar-refractivity contribution in [1.29, 1.82) is 0 Å². The quantitative estimate of drug-likeness (QED) is 0.905. The average Bonchev–Trinajstić information content (AvgIpc) is 2.63. The molecule has 1 aliphatic rings. The Bertz CT molecular complexity index is 730. The summed E-state index contributed by atoms with van der Waals surface area (Å²) in [6.45, 7) is 4.20. The predicted molar refractivity (Wildman–Crippen MR) is 93.8 cm³/mol. The Labute approximate surface area is 146 Å². The van der Waals surface area contributed by atoms with Crippen LogP contribution in [-0.4, -0.2) is 50.1 Å². The standard InChI is InChI=1S/C19H21F2N3O/c20-16-6-2-1-5-15(16)19(25)22-9-10-23-11-13-24(14-12-23)18-8-4-3-7-17(18)21/h1-8H,9-14H2,(H,22,25). The van der Waals surface area contributed by atoms with E-state index in [4.69, 9.17) is 0 Å². The van der Waals surface area contributed by atoms with Crippen molar-refractivity contribution >= 4 is 11.6 Å². The summed E-state index contributed by atoms with van der Waals surface area (Å²) in [5.41, 5.74) is 0.696. The predicted octanol–water partition coefficient (Wildman–Crippen LogP) is 2.52. The van der Waals surface area contributed by atoms with E-state index in [9.17, 15) is 13.6 Å². The van der Waals surface area contributed by atoms with Crippen molar-refractivity contribution in [2.75, 3.05) is 44.2 Å². The topological polar surface area (TPSA) is 35.6 Å². The smallest absolute Gasteiger partial charge is 0.254 e. The Morgan fingerprint density at radius 3 is 2.24 bits per heavy atom. The summed E-state index contributed by atoms with van der Waals surface area (Å²) in [7, 11) is 0. The van der Waals surface area contributed by atoms with Crippen LogP contribution in [0.15, 0.2) is 48.5 Å². The largest absolute Gasteiger partial charge is 0.367 e. The molecule has 4 nitrogen and oxygen atoms in total. The number of anilines is 1. The van der Waals surface area contributed by atoms with Crippen LogP contribution in [0.5, 0.6) is 0 Å². The maximum Gasteiger partial charge on any atom is 0.254 e. The van der Waals surface area contributed by atoms with Crippen LogP contribution in [0.4, 0.5) is 14.5 Å². The molecule has 1 aliphatic heterocycles. The first-order chi connectivity index (χ1) is 12.1. The highest BCUT2D eigenvalue weighted by Crippen LogP contribution is 2.19. The summed E-state index contributed by atoms with van der Waals surface area (Å²) in [5.74, 6) is -1.12. The van der Waals surface area contributed by atoms with Crippen molar-refractivity contribution in [3.8, 4) is 0 Å². The van der Waals surface area contributed by atoms with Gasteiger partial charge in [0.05, 0.1) is 11.3 Å². The van der Waals surface area contributed by atoms with Gasteiger partial charge in [-0.05, 0) is 24.3 Å². The number of piperazine rings is 1. The molecule has 1 heterocycles. The van der Waals surface area contributed by atoms with Crippen molar-refractivity contribution < 1.29 is 13.6 Å². The SMILES string of the molecule is O=C(NCCN1CCN(c2ccccc2F)CC1)c1ccccc1F. The van der Waals surface area contributed by atoms with E-state index in [0.717, 1.165) is 26.2 Å². The molecule has 25 heavy (non-hydrogen) atoms. The molecule has 6 heteroatoms. The molecular formula is C19H21F2N3O. The van der Waals surface area contributed by atoms with Gasteiger partial charge in [0.15, 0.2) is 0 Å². The van der Waals surface area contributed by atoms with Crippen molar-refractivity contribution in [3.63, 3.8) is 0 Å². The van der Waals surface area contributed by atoms with E-state index in [0.29, 0.717) is 18.8 Å². The molecule has 0 unspecified atom stereocenters. The number of rotatable bonds is 5. The number of benzene rings is 2. The lowest BCUT2D eigenvalue weighted by atomic mass is 10.2. The zero-order valence-electron chi connectivity index (χ0n) is 13.9. The molecule has 0 saturated carbocycles. The normalized spacial score (nSPS) is 15.2. The third-order valence-corrected chi connectivity index (χ3v) is 4.40. The van der Waals surface area contributed by atoms with Gasteiger partial charge in [0.1, 0.15) is 11.6 Å². The highest BCUT2D eigenvalue weighted by molar-refractivity contribution is 5.94. The van der Waals surface area contributed by atoms with Gasteiger partial charge in [-0.1, -0.05) is 24.3 Å². The molecule has 0 aliphatic carbocycles. The second kappa shape index (κ2) is 8.07. The second-order valence-electron chi connectivity index (χ2n) is 6.02. The van der Waals surface area contributed by atoms with Crippen molar-refractivity contribution in [2.24, 2.45) is 0 Å². The molecule has 1 amide bonds. The van der Waals surface area contributed by atoms with Crippen LogP contribution in [-0.2, 0) is 0 Å². The minimum atomic E-state index is -0.515. The van der Waals surface area contributed by atoms with Gasteiger partial charge in [-0.25, -0.2) is 8.78 Å². The number of nitrogens with zero attached hydrogens (tertiary/aromatic N) is 2. The molecule has 1 fully saturated rings. The maximum absolute atomic E-state index is 13.8. The molecule has 132 valence electrons. The van der Waals surface area contributed by atoms with E-state index in [1.807, 2.05) is 11.0 Å². The van der Waals surface area contributed by atoms with E-state index in [1.54, 1.807) is 24.3 Å². The zero-order chi connectivity index (χ0) is 17.6. The fraction of sp³-hybridized carbons (Fsp3) is 0.316. The second-order valence-corrected chi connectivity index (χ2v) is 6.02. The summed E-state index contributed by atoms with van der Waals surface area (Å²) in [6.07, 6.45) is 0. The first kappa shape index (κ1) is 17.4. The molecule has 3 rings (SSSR count). The fourth-order valence-corrected chi connectivity index (χ4v) is 2.99. The van der Waals surface area contributed by atoms with Crippen LogP contribution in [0.1, 0.15) is 10.4 Å². The average molecular weight is 345 g/mol. The highest BCUT2D eigenvalue weighted by atomic mass is 19.1. The van der Waals surface area contributed by atoms with Crippen LogP contribution in [0.2, 0.25) is 0 Å². The van der Waals surface area contributed by atoms with Crippen LogP contribution in [0.3, 0.4) is 0 Å². The van der Waals surface area contributed by atoms with E-state index in [2.05, 4.69) is 10.2 Å². The van der Waals surface area contributed by atoms with Gasteiger partial charge >= 0.3 is 0 Å². The van der Waals surface area contributed by atoms with Crippen molar-refractivity contribution in [2.45, 2.75) is 0 Å². The van der Waals surface area contributed by atoms with Crippen LogP contribution in [0.25, 0.3) is 0 Å². The first-order valence-electron chi connectivity index (χ1n) is 8.40. The summed E-state index contributed by atoms with van der Waals surface area (Å²) >= 11 is 0. The zero-order valence-corrected chi connectivity index (χ0v) is 13.9. The molecule has 0 atom stereocenters. The van der Waals surface area contributed by atoms with Crippen LogP contribution in [0, 0.1) is 11.6 Å². The molecule has 0 spiro atoms. The minimum absolute atomic E-state index is 0.0619. The molecule has 0 radical (unpaired) electrons. The Balaban J connectivity index is 1.43. The molecular weight excluding hydrogens is 324 g/mol. The molecule has 1 N–H and O–H groups in total. The van der Waals surface area contributed by atoms with E-state index in [1.165, 1.54) is 18.2 Å². The summed E-state index contributed by atoms with van der Waals surface area (Å²) < 4.78 is 27.4. The number of nitrogens with one attached hydrogen (secondary N) is 1. The minimum Gasteiger partial charge on any atom is -0.367 e. The summed E-state index contributed by atoms with van der Waals surface area (Å²) in [5, 5.41) is 2.74. The lowest BCUT2D eigenvalue weighted by Crippen LogP contribution is -2.48. The number of hydrogen-bond donors (Lipinski definition) is 1. The number of amides is 1. The number of hydrogen-bond acceptors (Lipinski definition) is 3. The summed E-state index contributed by atoms with van der Waals surface area (Å²) in [4.78, 5) is 16.2. The van der Waals surface area contributed by atoms with Crippen LogP contribution < -0.4 is 10.2 Å². The van der Waals surface area contributed by atoms with Gasteiger partial charge in [-0.3, -0.25) is 9.69 Å². The van der Waals surface area contributed by atoms with Gasteiger partial charge in [0, 0.05) is 39.3 Å². The molecule has 2 aromatic rings. The number of carbonyl (C=O) groups is 1. The van der Waals surface area contributed by atoms with Crippen LogP contribution >= 0.6 is 0 Å². The number of carbonyl (C=O) groups excluding carboxylic acids is 1. The van der Waals surface area contributed by atoms with Crippen molar-refractivity contribution in [1.82, 2.24) is 10.2 Å². The van der Waals surface area contributed by atoms with Gasteiger partial charge < -0.3 is 10.2 Å². The van der Waals surface area contributed by atoms with E-state index in [-0.39, 0.29) is 11.4 Å². The lowest BCUT2D eigenvalue weighted by molar-refractivity contribution is 0.0943. The maximum atomic E-state index is 13.8. The number of halogens is 2. The van der Waals surface area contributed by atoms with E-state index >= 15 is 0 Å². The van der Waals surface area contributed by atoms with Gasteiger partial charge in [-0.2, -0.15) is 0 Å². The van der Waals surface area contributed by atoms with E-state index < -0.39 is 11.7 Å².